The first-order chi connectivity index (χ1) is 12.7. The number of carbonyl (C=O) groups is 1. The van der Waals surface area contributed by atoms with Crippen molar-refractivity contribution in [2.45, 2.75) is 39.2 Å². The van der Waals surface area contributed by atoms with E-state index in [9.17, 15) is 4.79 Å². The molecule has 26 heavy (non-hydrogen) atoms. The number of nitrogens with one attached hydrogen (secondary N) is 1. The zero-order valence-corrected chi connectivity index (χ0v) is 16.1. The number of benzene rings is 1. The third-order valence-corrected chi connectivity index (χ3v) is 5.39. The Morgan fingerprint density at radius 3 is 2.96 bits per heavy atom. The Morgan fingerprint density at radius 2 is 2.08 bits per heavy atom. The molecule has 144 valence electrons. The van der Waals surface area contributed by atoms with Crippen LogP contribution in [0.25, 0.3) is 0 Å². The number of rotatable bonds is 7. The summed E-state index contributed by atoms with van der Waals surface area (Å²) >= 11 is 0. The molecule has 2 aliphatic heterocycles. The van der Waals surface area contributed by atoms with E-state index in [0.717, 1.165) is 57.4 Å². The third-order valence-electron chi connectivity index (χ3n) is 5.39. The third kappa shape index (κ3) is 5.99. The van der Waals surface area contributed by atoms with Gasteiger partial charge in [0, 0.05) is 51.3 Å². The molecule has 5 heteroatoms. The highest BCUT2D eigenvalue weighted by atomic mass is 16.5. The molecule has 1 N–H and O–H groups in total. The number of para-hydroxylation sites is 1. The number of ether oxygens (including phenoxy) is 1. The molecular weight excluding hydrogens is 326 g/mol. The first-order valence-electron chi connectivity index (χ1n) is 10.1. The van der Waals surface area contributed by atoms with Gasteiger partial charge < -0.3 is 15.0 Å². The van der Waals surface area contributed by atoms with Gasteiger partial charge in [-0.2, -0.15) is 0 Å². The lowest BCUT2D eigenvalue weighted by Crippen LogP contribution is -2.35. The molecule has 0 radical (unpaired) electrons. The molecule has 3 rings (SSSR count). The summed E-state index contributed by atoms with van der Waals surface area (Å²) in [6.45, 7) is 10.0. The van der Waals surface area contributed by atoms with Gasteiger partial charge in [-0.3, -0.25) is 9.69 Å². The van der Waals surface area contributed by atoms with Gasteiger partial charge >= 0.3 is 0 Å². The van der Waals surface area contributed by atoms with Crippen molar-refractivity contribution in [3.05, 3.63) is 29.8 Å². The highest BCUT2D eigenvalue weighted by molar-refractivity contribution is 5.76. The number of hydrogen-bond donors (Lipinski definition) is 1. The van der Waals surface area contributed by atoms with Crippen LogP contribution in [0.3, 0.4) is 0 Å². The van der Waals surface area contributed by atoms with Gasteiger partial charge in [0.2, 0.25) is 5.91 Å². The predicted octanol–water partition coefficient (Wildman–Crippen LogP) is 2.51. The van der Waals surface area contributed by atoms with Crippen molar-refractivity contribution in [3.8, 4) is 5.75 Å². The number of piperidine rings is 1. The second-order valence-corrected chi connectivity index (χ2v) is 7.73. The maximum absolute atomic E-state index is 11.5. The van der Waals surface area contributed by atoms with Gasteiger partial charge in [-0.1, -0.05) is 25.1 Å². The van der Waals surface area contributed by atoms with E-state index < -0.39 is 0 Å². The van der Waals surface area contributed by atoms with Gasteiger partial charge in [-0.05, 0) is 37.8 Å². The van der Waals surface area contributed by atoms with Gasteiger partial charge in [-0.25, -0.2) is 0 Å². The molecule has 2 fully saturated rings. The van der Waals surface area contributed by atoms with Crippen LogP contribution in [-0.4, -0.2) is 61.6 Å². The summed E-state index contributed by atoms with van der Waals surface area (Å²) in [4.78, 5) is 16.4. The number of hydrogen-bond acceptors (Lipinski definition) is 4. The predicted molar refractivity (Wildman–Crippen MR) is 104 cm³/mol. The maximum atomic E-state index is 11.5. The van der Waals surface area contributed by atoms with Crippen molar-refractivity contribution in [1.82, 2.24) is 15.1 Å². The lowest BCUT2D eigenvalue weighted by Gasteiger charge is -2.30. The fourth-order valence-corrected chi connectivity index (χ4v) is 3.95. The van der Waals surface area contributed by atoms with E-state index in [2.05, 4.69) is 40.2 Å². The molecule has 2 saturated heterocycles. The van der Waals surface area contributed by atoms with E-state index in [4.69, 9.17) is 4.74 Å². The molecule has 1 amide bonds. The normalized spacial score (nSPS) is 22.7. The fraction of sp³-hybridized carbons (Fsp3) is 0.667. The topological polar surface area (TPSA) is 44.8 Å². The van der Waals surface area contributed by atoms with Crippen molar-refractivity contribution >= 4 is 5.91 Å². The number of amides is 1. The SMILES string of the molecule is CC1CCCN(CCCOc2ccccc2CN2CCNC(=O)CC2)C1. The summed E-state index contributed by atoms with van der Waals surface area (Å²) in [5.41, 5.74) is 1.22. The Labute approximate surface area is 157 Å². The summed E-state index contributed by atoms with van der Waals surface area (Å²) in [6.07, 6.45) is 4.36. The highest BCUT2D eigenvalue weighted by Crippen LogP contribution is 2.21. The molecule has 1 aromatic rings. The monoisotopic (exact) mass is 359 g/mol. The Balaban J connectivity index is 1.45. The number of carbonyl (C=O) groups excluding carboxylic acids is 1. The lowest BCUT2D eigenvalue weighted by molar-refractivity contribution is -0.120. The number of likely N-dealkylation sites (tertiary alicyclic amines) is 1. The van der Waals surface area contributed by atoms with Crippen LogP contribution in [0.15, 0.2) is 24.3 Å². The van der Waals surface area contributed by atoms with Gasteiger partial charge in [0.1, 0.15) is 5.75 Å². The average molecular weight is 360 g/mol. The van der Waals surface area contributed by atoms with Gasteiger partial charge in [0.15, 0.2) is 0 Å². The first kappa shape index (κ1) is 19.2. The van der Waals surface area contributed by atoms with Crippen LogP contribution in [0.1, 0.15) is 38.2 Å². The van der Waals surface area contributed by atoms with Gasteiger partial charge in [-0.15, -0.1) is 0 Å². The Kier molecular flexibility index (Phi) is 7.32. The Morgan fingerprint density at radius 1 is 1.19 bits per heavy atom. The van der Waals surface area contributed by atoms with Crippen molar-refractivity contribution in [1.29, 1.82) is 0 Å². The van der Waals surface area contributed by atoms with Crippen LogP contribution in [0.4, 0.5) is 0 Å². The molecular formula is C21H33N3O2. The van der Waals surface area contributed by atoms with E-state index in [-0.39, 0.29) is 5.91 Å². The Hall–Kier alpha value is -1.59. The molecule has 1 unspecified atom stereocenters. The molecule has 0 spiro atoms. The van der Waals surface area contributed by atoms with E-state index in [1.807, 2.05) is 6.07 Å². The minimum Gasteiger partial charge on any atom is -0.493 e. The van der Waals surface area contributed by atoms with Gasteiger partial charge in [0.25, 0.3) is 0 Å². The van der Waals surface area contributed by atoms with E-state index in [1.54, 1.807) is 0 Å². The van der Waals surface area contributed by atoms with Crippen LogP contribution >= 0.6 is 0 Å². The second-order valence-electron chi connectivity index (χ2n) is 7.73. The summed E-state index contributed by atoms with van der Waals surface area (Å²) < 4.78 is 6.11. The maximum Gasteiger partial charge on any atom is 0.221 e. The van der Waals surface area contributed by atoms with Crippen molar-refractivity contribution in [2.24, 2.45) is 5.92 Å². The molecule has 1 atom stereocenters. The fourth-order valence-electron chi connectivity index (χ4n) is 3.95. The summed E-state index contributed by atoms with van der Waals surface area (Å²) in [5.74, 6) is 1.98. The summed E-state index contributed by atoms with van der Waals surface area (Å²) in [7, 11) is 0. The summed E-state index contributed by atoms with van der Waals surface area (Å²) in [5, 5.41) is 2.93. The van der Waals surface area contributed by atoms with Crippen LogP contribution in [0, 0.1) is 5.92 Å². The molecule has 0 saturated carbocycles. The first-order valence-corrected chi connectivity index (χ1v) is 10.1. The zero-order chi connectivity index (χ0) is 18.2. The van der Waals surface area contributed by atoms with Crippen LogP contribution in [0.2, 0.25) is 0 Å². The standard InChI is InChI=1S/C21H33N3O2/c1-18-6-4-11-23(16-18)12-5-15-26-20-8-3-2-7-19(20)17-24-13-9-21(25)22-10-14-24/h2-3,7-8,18H,4-6,9-17H2,1H3,(H,22,25). The highest BCUT2D eigenvalue weighted by Gasteiger charge is 2.17. The van der Waals surface area contributed by atoms with E-state index in [0.29, 0.717) is 6.42 Å². The lowest BCUT2D eigenvalue weighted by atomic mass is 10.0. The molecule has 0 aromatic heterocycles. The van der Waals surface area contributed by atoms with E-state index >= 15 is 0 Å². The quantitative estimate of drug-likeness (QED) is 0.760. The number of nitrogens with zero attached hydrogens (tertiary/aromatic N) is 2. The zero-order valence-electron chi connectivity index (χ0n) is 16.1. The van der Waals surface area contributed by atoms with Crippen molar-refractivity contribution in [3.63, 3.8) is 0 Å². The molecule has 2 heterocycles. The van der Waals surface area contributed by atoms with Crippen molar-refractivity contribution < 1.29 is 9.53 Å². The van der Waals surface area contributed by atoms with Crippen LogP contribution < -0.4 is 10.1 Å². The van der Waals surface area contributed by atoms with E-state index in [1.165, 1.54) is 31.5 Å². The van der Waals surface area contributed by atoms with Crippen molar-refractivity contribution in [2.75, 3.05) is 45.9 Å². The van der Waals surface area contributed by atoms with Crippen LogP contribution in [0.5, 0.6) is 5.75 Å². The molecule has 0 aliphatic carbocycles. The average Bonchev–Trinajstić information content (AvgIpc) is 2.84. The van der Waals surface area contributed by atoms with Crippen LogP contribution in [-0.2, 0) is 11.3 Å². The smallest absolute Gasteiger partial charge is 0.221 e. The minimum atomic E-state index is 0.157. The largest absolute Gasteiger partial charge is 0.493 e. The second kappa shape index (κ2) is 9.93. The minimum absolute atomic E-state index is 0.157. The molecule has 5 nitrogen and oxygen atoms in total. The Bertz CT molecular complexity index is 578. The molecule has 1 aromatic carbocycles. The van der Waals surface area contributed by atoms with Gasteiger partial charge in [0.05, 0.1) is 6.61 Å². The summed E-state index contributed by atoms with van der Waals surface area (Å²) in [6, 6.07) is 8.32. The molecule has 0 bridgehead atoms. The molecule has 2 aliphatic rings.